The Bertz CT molecular complexity index is 1710. The molecule has 2 aliphatic heterocycles. The number of carboxylic acids is 1. The molecule has 2 aliphatic rings. The fraction of sp³-hybridized carbons (Fsp3) is 0.323. The molecule has 4 aromatic rings. The Morgan fingerprint density at radius 1 is 1.05 bits per heavy atom. The molecule has 0 amide bonds. The summed E-state index contributed by atoms with van der Waals surface area (Å²) in [7, 11) is 0. The number of ether oxygens (including phenoxy) is 1. The number of nitrogens with one attached hydrogen (secondary N) is 1. The van der Waals surface area contributed by atoms with Crippen LogP contribution in [0.2, 0.25) is 0 Å². The van der Waals surface area contributed by atoms with E-state index in [1.807, 2.05) is 29.2 Å². The fourth-order valence-corrected chi connectivity index (χ4v) is 5.89. The molecular weight excluding hydrogens is 549 g/mol. The lowest BCUT2D eigenvalue weighted by atomic mass is 9.99. The molecule has 1 atom stereocenters. The molecule has 6 rings (SSSR count). The molecule has 0 spiro atoms. The molecule has 11 heteroatoms. The fourth-order valence-electron chi connectivity index (χ4n) is 5.89. The summed E-state index contributed by atoms with van der Waals surface area (Å²) in [6.07, 6.45) is -3.64. The van der Waals surface area contributed by atoms with Crippen molar-refractivity contribution in [1.82, 2.24) is 9.55 Å². The Morgan fingerprint density at radius 2 is 1.69 bits per heavy atom. The quantitative estimate of drug-likeness (QED) is 0.283. The van der Waals surface area contributed by atoms with Gasteiger partial charge < -0.3 is 20.1 Å². The van der Waals surface area contributed by atoms with Crippen LogP contribution in [0.5, 0.6) is 0 Å². The van der Waals surface area contributed by atoms with Crippen molar-refractivity contribution in [3.63, 3.8) is 0 Å². The Hall–Kier alpha value is -4.38. The highest BCUT2D eigenvalue weighted by Crippen LogP contribution is 2.37. The van der Waals surface area contributed by atoms with Crippen LogP contribution in [0.25, 0.3) is 10.9 Å². The van der Waals surface area contributed by atoms with Crippen molar-refractivity contribution in [3.8, 4) is 0 Å². The van der Waals surface area contributed by atoms with Gasteiger partial charge in [-0.2, -0.15) is 13.2 Å². The van der Waals surface area contributed by atoms with Gasteiger partial charge in [0.15, 0.2) is 0 Å². The van der Waals surface area contributed by atoms with Gasteiger partial charge in [0.2, 0.25) is 5.95 Å². The van der Waals surface area contributed by atoms with Crippen molar-refractivity contribution in [1.29, 1.82) is 0 Å². The first-order chi connectivity index (χ1) is 20.1. The van der Waals surface area contributed by atoms with Crippen molar-refractivity contribution in [2.45, 2.75) is 51.1 Å². The minimum Gasteiger partial charge on any atom is -0.478 e. The topological polar surface area (TPSA) is 96.7 Å². The van der Waals surface area contributed by atoms with Gasteiger partial charge in [-0.1, -0.05) is 36.4 Å². The molecule has 1 aromatic heterocycles. The lowest BCUT2D eigenvalue weighted by Crippen LogP contribution is -2.35. The van der Waals surface area contributed by atoms with Crippen LogP contribution in [-0.2, 0) is 24.0 Å². The van der Waals surface area contributed by atoms with Crippen LogP contribution in [0.15, 0.2) is 65.5 Å². The Kier molecular flexibility index (Phi) is 7.14. The number of hydrogen-bond donors (Lipinski definition) is 2. The van der Waals surface area contributed by atoms with E-state index in [1.165, 1.54) is 6.07 Å². The number of hydrogen-bond acceptors (Lipinski definition) is 6. The van der Waals surface area contributed by atoms with E-state index in [9.17, 15) is 27.9 Å². The first-order valence-corrected chi connectivity index (χ1v) is 13.8. The molecule has 0 radical (unpaired) electrons. The number of fused-ring (bicyclic) bond motifs is 2. The van der Waals surface area contributed by atoms with Crippen LogP contribution in [0, 0.1) is 0 Å². The second-order valence-corrected chi connectivity index (χ2v) is 10.7. The second-order valence-electron chi connectivity index (χ2n) is 10.7. The summed E-state index contributed by atoms with van der Waals surface area (Å²) in [5, 5.41) is 12.6. The number of carboxylic acid groups (broad SMARTS) is 1. The van der Waals surface area contributed by atoms with Crippen molar-refractivity contribution < 1.29 is 27.8 Å². The maximum atomic E-state index is 14.2. The van der Waals surface area contributed by atoms with Crippen LogP contribution in [0.3, 0.4) is 0 Å². The third-order valence-corrected chi connectivity index (χ3v) is 8.02. The van der Waals surface area contributed by atoms with Crippen molar-refractivity contribution in [3.05, 3.63) is 98.8 Å². The lowest BCUT2D eigenvalue weighted by Gasteiger charge is -2.30. The van der Waals surface area contributed by atoms with Gasteiger partial charge in [-0.15, -0.1) is 0 Å². The Labute approximate surface area is 239 Å². The Morgan fingerprint density at radius 3 is 2.33 bits per heavy atom. The van der Waals surface area contributed by atoms with E-state index < -0.39 is 29.3 Å². The average Bonchev–Trinajstić information content (AvgIpc) is 3.41. The number of rotatable bonds is 6. The highest BCUT2D eigenvalue weighted by molar-refractivity contribution is 5.94. The second kappa shape index (κ2) is 10.8. The van der Waals surface area contributed by atoms with Gasteiger partial charge in [0.25, 0.3) is 5.56 Å². The zero-order valence-corrected chi connectivity index (χ0v) is 22.8. The third kappa shape index (κ3) is 5.09. The molecule has 1 fully saturated rings. The number of anilines is 2. The maximum absolute atomic E-state index is 14.2. The molecule has 3 aromatic carbocycles. The molecule has 1 unspecified atom stereocenters. The summed E-state index contributed by atoms with van der Waals surface area (Å²) in [4.78, 5) is 32.9. The molecular formula is C31H29F3N4O4. The van der Waals surface area contributed by atoms with Crippen molar-refractivity contribution in [2.75, 3.05) is 23.4 Å². The molecule has 1 saturated heterocycles. The van der Waals surface area contributed by atoms with Gasteiger partial charge in [-0.3, -0.25) is 9.36 Å². The number of carbonyl (C=O) groups is 1. The van der Waals surface area contributed by atoms with E-state index in [4.69, 9.17) is 9.72 Å². The van der Waals surface area contributed by atoms with Gasteiger partial charge in [0.05, 0.1) is 28.1 Å². The standard InChI is InChI=1S/C31H29F3N4O4/c1-18(35-26-9-5-4-8-23(26)29(40)41)24-14-21(31(32,33)34)15-25-27(24)36-30(37-16-19-6-2-3-7-20(19)17-37)38(28(25)39)22-10-12-42-13-11-22/h2-9,14-15,18,22,35H,10-13,16-17H2,1H3,(H,40,41). The van der Waals surface area contributed by atoms with Crippen LogP contribution < -0.4 is 15.8 Å². The molecule has 0 bridgehead atoms. The normalized spacial score (nSPS) is 16.4. The van der Waals surface area contributed by atoms with Crippen molar-refractivity contribution in [2.24, 2.45) is 0 Å². The minimum atomic E-state index is -4.72. The van der Waals surface area contributed by atoms with Crippen molar-refractivity contribution >= 4 is 28.5 Å². The zero-order valence-electron chi connectivity index (χ0n) is 22.8. The number of aromatic carboxylic acids is 1. The smallest absolute Gasteiger partial charge is 0.416 e. The van der Waals surface area contributed by atoms with E-state index in [0.717, 1.165) is 23.3 Å². The SMILES string of the molecule is CC(Nc1ccccc1C(=O)O)c1cc(C(F)(F)F)cc2c(=O)n(C3CCOCC3)c(N3Cc4ccccc4C3)nc12. The van der Waals surface area contributed by atoms with E-state index in [1.54, 1.807) is 29.7 Å². The molecule has 218 valence electrons. The molecule has 0 aliphatic carbocycles. The minimum absolute atomic E-state index is 0.0222. The predicted octanol–water partition coefficient (Wildman–Crippen LogP) is 6.16. The predicted molar refractivity (Wildman–Crippen MR) is 152 cm³/mol. The van der Waals surface area contributed by atoms with E-state index in [-0.39, 0.29) is 33.8 Å². The summed E-state index contributed by atoms with van der Waals surface area (Å²) in [5.41, 5.74) is 1.20. The van der Waals surface area contributed by atoms with E-state index >= 15 is 0 Å². The van der Waals surface area contributed by atoms with Crippen LogP contribution in [0.4, 0.5) is 24.8 Å². The lowest BCUT2D eigenvalue weighted by molar-refractivity contribution is -0.137. The highest BCUT2D eigenvalue weighted by atomic mass is 19.4. The van der Waals surface area contributed by atoms with Gasteiger partial charge >= 0.3 is 12.1 Å². The summed E-state index contributed by atoms with van der Waals surface area (Å²) >= 11 is 0. The molecule has 8 nitrogen and oxygen atoms in total. The highest BCUT2D eigenvalue weighted by Gasteiger charge is 2.35. The average molecular weight is 579 g/mol. The first kappa shape index (κ1) is 27.8. The molecule has 3 heterocycles. The van der Waals surface area contributed by atoms with Crippen LogP contribution in [-0.4, -0.2) is 33.8 Å². The summed E-state index contributed by atoms with van der Waals surface area (Å²) in [5.74, 6) is -0.776. The molecule has 0 saturated carbocycles. The number of halogens is 3. The largest absolute Gasteiger partial charge is 0.478 e. The third-order valence-electron chi connectivity index (χ3n) is 8.02. The molecule has 42 heavy (non-hydrogen) atoms. The summed E-state index contributed by atoms with van der Waals surface area (Å²) in [6, 6.07) is 14.9. The van der Waals surface area contributed by atoms with Gasteiger partial charge in [-0.25, -0.2) is 9.78 Å². The molecule has 2 N–H and O–H groups in total. The first-order valence-electron chi connectivity index (χ1n) is 13.8. The zero-order chi connectivity index (χ0) is 29.6. The monoisotopic (exact) mass is 578 g/mol. The van der Waals surface area contributed by atoms with Gasteiger partial charge in [0.1, 0.15) is 0 Å². The number of alkyl halides is 3. The summed E-state index contributed by atoms with van der Waals surface area (Å²) < 4.78 is 49.6. The number of para-hydroxylation sites is 1. The maximum Gasteiger partial charge on any atom is 0.416 e. The number of benzene rings is 3. The van der Waals surface area contributed by atoms with Gasteiger partial charge in [0, 0.05) is 43.6 Å². The van der Waals surface area contributed by atoms with E-state index in [0.29, 0.717) is 45.1 Å². The van der Waals surface area contributed by atoms with Crippen LogP contribution in [0.1, 0.15) is 64.5 Å². The van der Waals surface area contributed by atoms with Crippen LogP contribution >= 0.6 is 0 Å². The van der Waals surface area contributed by atoms with E-state index in [2.05, 4.69) is 5.32 Å². The number of nitrogens with zero attached hydrogens (tertiary/aromatic N) is 3. The summed E-state index contributed by atoms with van der Waals surface area (Å²) in [6.45, 7) is 3.52. The number of aromatic nitrogens is 2. The Balaban J connectivity index is 1.56. The van der Waals surface area contributed by atoms with Gasteiger partial charge in [-0.05, 0) is 55.2 Å².